The number of halogens is 2. The maximum atomic E-state index is 13.2. The first-order chi connectivity index (χ1) is 14.0. The fraction of sp³-hybridized carbons (Fsp3) is 0.130. The largest absolute Gasteiger partial charge is 0.491 e. The highest BCUT2D eigenvalue weighted by molar-refractivity contribution is 9.10. The number of rotatable bonds is 5. The van der Waals surface area contributed by atoms with Crippen LogP contribution in [0.25, 0.3) is 22.3 Å². The van der Waals surface area contributed by atoms with Crippen LogP contribution in [-0.4, -0.2) is 16.2 Å². The van der Waals surface area contributed by atoms with Gasteiger partial charge in [0.1, 0.15) is 18.2 Å². The fourth-order valence-electron chi connectivity index (χ4n) is 3.16. The van der Waals surface area contributed by atoms with Crippen LogP contribution < -0.4 is 10.3 Å². The molecule has 6 heteroatoms. The van der Waals surface area contributed by atoms with Crippen LogP contribution in [0, 0.1) is 6.92 Å². The van der Waals surface area contributed by atoms with Gasteiger partial charge in [0.05, 0.1) is 21.9 Å². The molecule has 1 aromatic heterocycles. The first-order valence-corrected chi connectivity index (χ1v) is 10.3. The average Bonchev–Trinajstić information content (AvgIpc) is 2.71. The van der Waals surface area contributed by atoms with Crippen molar-refractivity contribution in [3.63, 3.8) is 0 Å². The van der Waals surface area contributed by atoms with Gasteiger partial charge in [0.2, 0.25) is 0 Å². The third-order valence-electron chi connectivity index (χ3n) is 4.62. The molecule has 3 aromatic carbocycles. The quantitative estimate of drug-likeness (QED) is 0.367. The molecule has 29 heavy (non-hydrogen) atoms. The molecule has 0 aliphatic heterocycles. The molecule has 4 aromatic rings. The van der Waals surface area contributed by atoms with Gasteiger partial charge in [-0.15, -0.1) is 0 Å². The maximum absolute atomic E-state index is 13.2. The van der Waals surface area contributed by atoms with E-state index < -0.39 is 0 Å². The smallest absolute Gasteiger partial charge is 0.261 e. The molecular weight excluding hydrogens is 452 g/mol. The number of hydrogen-bond acceptors (Lipinski definition) is 3. The van der Waals surface area contributed by atoms with Gasteiger partial charge in [-0.05, 0) is 76.9 Å². The molecule has 0 fully saturated rings. The van der Waals surface area contributed by atoms with Crippen LogP contribution in [0.2, 0.25) is 5.02 Å². The summed E-state index contributed by atoms with van der Waals surface area (Å²) in [6.45, 7) is 2.73. The molecule has 0 spiro atoms. The van der Waals surface area contributed by atoms with E-state index in [0.29, 0.717) is 34.9 Å². The van der Waals surface area contributed by atoms with Crippen LogP contribution >= 0.6 is 27.5 Å². The Balaban J connectivity index is 1.71. The maximum Gasteiger partial charge on any atom is 0.261 e. The normalized spacial score (nSPS) is 11.0. The van der Waals surface area contributed by atoms with Crippen molar-refractivity contribution in [3.05, 3.63) is 92.1 Å². The van der Waals surface area contributed by atoms with Gasteiger partial charge in [-0.25, -0.2) is 4.98 Å². The Labute approximate surface area is 181 Å². The van der Waals surface area contributed by atoms with Crippen molar-refractivity contribution in [2.45, 2.75) is 13.5 Å². The summed E-state index contributed by atoms with van der Waals surface area (Å²) in [5.74, 6) is 1.34. The summed E-state index contributed by atoms with van der Waals surface area (Å²) >= 11 is 9.55. The minimum Gasteiger partial charge on any atom is -0.491 e. The average molecular weight is 470 g/mol. The molecule has 4 nitrogen and oxygen atoms in total. The van der Waals surface area contributed by atoms with E-state index in [-0.39, 0.29) is 5.56 Å². The van der Waals surface area contributed by atoms with E-state index in [1.54, 1.807) is 22.8 Å². The number of hydrogen-bond donors (Lipinski definition) is 0. The van der Waals surface area contributed by atoms with Crippen LogP contribution in [0.4, 0.5) is 0 Å². The Morgan fingerprint density at radius 1 is 1.07 bits per heavy atom. The van der Waals surface area contributed by atoms with E-state index in [1.165, 1.54) is 0 Å². The number of ether oxygens (including phenoxy) is 1. The second-order valence-corrected chi connectivity index (χ2v) is 7.99. The lowest BCUT2D eigenvalue weighted by Gasteiger charge is -2.15. The van der Waals surface area contributed by atoms with Gasteiger partial charge in [-0.1, -0.05) is 29.8 Å². The highest BCUT2D eigenvalue weighted by Gasteiger charge is 2.13. The molecule has 0 amide bonds. The molecule has 0 saturated heterocycles. The number of aromatic nitrogens is 2. The highest BCUT2D eigenvalue weighted by atomic mass is 79.9. The Morgan fingerprint density at radius 3 is 2.59 bits per heavy atom. The van der Waals surface area contributed by atoms with Gasteiger partial charge in [0.25, 0.3) is 5.56 Å². The van der Waals surface area contributed by atoms with Crippen molar-refractivity contribution < 1.29 is 4.74 Å². The molecule has 146 valence electrons. The molecule has 0 bridgehead atoms. The minimum absolute atomic E-state index is 0.0906. The molecule has 0 saturated carbocycles. The van der Waals surface area contributed by atoms with Crippen LogP contribution in [0.5, 0.6) is 5.75 Å². The zero-order valence-electron chi connectivity index (χ0n) is 15.7. The molecule has 0 unspecified atom stereocenters. The first-order valence-electron chi connectivity index (χ1n) is 9.17. The van der Waals surface area contributed by atoms with E-state index in [4.69, 9.17) is 21.3 Å². The lowest BCUT2D eigenvalue weighted by Crippen LogP contribution is -2.26. The zero-order chi connectivity index (χ0) is 20.4. The second-order valence-electron chi connectivity index (χ2n) is 6.70. The van der Waals surface area contributed by atoms with Gasteiger partial charge in [0, 0.05) is 10.6 Å². The van der Waals surface area contributed by atoms with Gasteiger partial charge < -0.3 is 4.74 Å². The monoisotopic (exact) mass is 468 g/mol. The third-order valence-corrected chi connectivity index (χ3v) is 5.50. The molecule has 0 radical (unpaired) electrons. The Hall–Kier alpha value is -2.63. The minimum atomic E-state index is -0.0906. The lowest BCUT2D eigenvalue weighted by atomic mass is 10.2. The molecule has 0 aliphatic rings. The van der Waals surface area contributed by atoms with Gasteiger partial charge in [0.15, 0.2) is 0 Å². The van der Waals surface area contributed by atoms with Crippen LogP contribution in [0.3, 0.4) is 0 Å². The summed E-state index contributed by atoms with van der Waals surface area (Å²) in [6, 6.07) is 20.6. The van der Waals surface area contributed by atoms with Crippen molar-refractivity contribution in [2.75, 3.05) is 6.61 Å². The van der Waals surface area contributed by atoms with Crippen molar-refractivity contribution in [2.24, 2.45) is 0 Å². The number of aryl methyl sites for hydroxylation is 1. The summed E-state index contributed by atoms with van der Waals surface area (Å²) in [5, 5.41) is 1.22. The molecule has 1 heterocycles. The SMILES string of the molecule is Cc1ccc(OCCn2c(-c3ccc(Cl)cc3)nc3ccccc3c2=O)c(Br)c1. The van der Waals surface area contributed by atoms with Crippen LogP contribution in [0.1, 0.15) is 5.56 Å². The van der Waals surface area contributed by atoms with Crippen LogP contribution in [-0.2, 0) is 6.54 Å². The summed E-state index contributed by atoms with van der Waals surface area (Å²) < 4.78 is 8.47. The van der Waals surface area contributed by atoms with E-state index in [9.17, 15) is 4.79 Å². The fourth-order valence-corrected chi connectivity index (χ4v) is 3.90. The molecule has 0 atom stereocenters. The predicted octanol–water partition coefficient (Wildman–Crippen LogP) is 5.87. The zero-order valence-corrected chi connectivity index (χ0v) is 18.1. The second kappa shape index (κ2) is 8.39. The molecular formula is C23H18BrClN2O2. The molecule has 0 aliphatic carbocycles. The number of nitrogens with zero attached hydrogens (tertiary/aromatic N) is 2. The standard InChI is InChI=1S/C23H18BrClN2O2/c1-15-6-11-21(19(24)14-15)29-13-12-27-22(16-7-9-17(25)10-8-16)26-20-5-3-2-4-18(20)23(27)28/h2-11,14H,12-13H2,1H3. The molecule has 4 rings (SSSR count). The lowest BCUT2D eigenvalue weighted by molar-refractivity contribution is 0.295. The number of benzene rings is 3. The first kappa shape index (κ1) is 19.7. The van der Waals surface area contributed by atoms with E-state index in [2.05, 4.69) is 15.9 Å². The van der Waals surface area contributed by atoms with Crippen molar-refractivity contribution in [1.82, 2.24) is 9.55 Å². The summed E-state index contributed by atoms with van der Waals surface area (Å²) in [6.07, 6.45) is 0. The third kappa shape index (κ3) is 4.21. The number of fused-ring (bicyclic) bond motifs is 1. The Bertz CT molecular complexity index is 1240. The van der Waals surface area contributed by atoms with Gasteiger partial charge in [-0.3, -0.25) is 9.36 Å². The van der Waals surface area contributed by atoms with E-state index in [1.807, 2.05) is 55.5 Å². The van der Waals surface area contributed by atoms with E-state index in [0.717, 1.165) is 21.3 Å². The topological polar surface area (TPSA) is 44.1 Å². The predicted molar refractivity (Wildman–Crippen MR) is 121 cm³/mol. The van der Waals surface area contributed by atoms with Crippen molar-refractivity contribution in [3.8, 4) is 17.1 Å². The van der Waals surface area contributed by atoms with E-state index >= 15 is 0 Å². The molecule has 0 N–H and O–H groups in total. The Morgan fingerprint density at radius 2 is 1.83 bits per heavy atom. The van der Waals surface area contributed by atoms with Crippen molar-refractivity contribution in [1.29, 1.82) is 0 Å². The van der Waals surface area contributed by atoms with Crippen LogP contribution in [0.15, 0.2) is 76.0 Å². The summed E-state index contributed by atoms with van der Waals surface area (Å²) in [7, 11) is 0. The number of para-hydroxylation sites is 1. The highest BCUT2D eigenvalue weighted by Crippen LogP contribution is 2.26. The van der Waals surface area contributed by atoms with Gasteiger partial charge in [-0.2, -0.15) is 0 Å². The summed E-state index contributed by atoms with van der Waals surface area (Å²) in [4.78, 5) is 17.9. The Kier molecular flexibility index (Phi) is 5.69. The van der Waals surface area contributed by atoms with Crippen molar-refractivity contribution >= 4 is 38.4 Å². The summed E-state index contributed by atoms with van der Waals surface area (Å²) in [5.41, 5.74) is 2.55. The van der Waals surface area contributed by atoms with Gasteiger partial charge >= 0.3 is 0 Å².